The molecule has 2 rings (SSSR count). The number of anilines is 1. The lowest BCUT2D eigenvalue weighted by Crippen LogP contribution is -2.28. The standard InChI is InChI=1S/C14H16ClNO2/c1-4-8-9(11(17)7-15)5-6-10-12(8)14(2,3)13(18)16-10/h5-6H,4,7H2,1-3H3,(H,16,18). The summed E-state index contributed by atoms with van der Waals surface area (Å²) >= 11 is 5.63. The molecule has 3 nitrogen and oxygen atoms in total. The molecule has 18 heavy (non-hydrogen) atoms. The molecular formula is C14H16ClNO2. The summed E-state index contributed by atoms with van der Waals surface area (Å²) in [6.07, 6.45) is 0.708. The van der Waals surface area contributed by atoms with Gasteiger partial charge in [0.05, 0.1) is 11.3 Å². The average Bonchev–Trinajstić information content (AvgIpc) is 2.58. The van der Waals surface area contributed by atoms with Crippen molar-refractivity contribution in [2.75, 3.05) is 11.2 Å². The van der Waals surface area contributed by atoms with Crippen LogP contribution in [0.15, 0.2) is 12.1 Å². The highest BCUT2D eigenvalue weighted by atomic mass is 35.5. The Morgan fingerprint density at radius 3 is 2.61 bits per heavy atom. The summed E-state index contributed by atoms with van der Waals surface area (Å²) in [5.74, 6) is -0.151. The molecule has 1 aliphatic heterocycles. The number of carbonyl (C=O) groups excluding carboxylic acids is 2. The Hall–Kier alpha value is -1.35. The second-order valence-corrected chi connectivity index (χ2v) is 5.27. The lowest BCUT2D eigenvalue weighted by molar-refractivity contribution is -0.119. The molecule has 0 saturated carbocycles. The van der Waals surface area contributed by atoms with Gasteiger partial charge in [0.15, 0.2) is 5.78 Å². The van der Waals surface area contributed by atoms with E-state index < -0.39 is 5.41 Å². The highest BCUT2D eigenvalue weighted by Crippen LogP contribution is 2.41. The van der Waals surface area contributed by atoms with Crippen LogP contribution in [0.5, 0.6) is 0 Å². The van der Waals surface area contributed by atoms with E-state index in [0.29, 0.717) is 12.0 Å². The SMILES string of the molecule is CCc1c(C(=O)CCl)ccc2c1C(C)(C)C(=O)N2. The first-order valence-electron chi connectivity index (χ1n) is 6.00. The quantitative estimate of drug-likeness (QED) is 0.675. The molecule has 1 amide bonds. The third-order valence-electron chi connectivity index (χ3n) is 3.53. The average molecular weight is 266 g/mol. The molecule has 0 unspecified atom stereocenters. The molecule has 1 heterocycles. The van der Waals surface area contributed by atoms with Gasteiger partial charge in [0.25, 0.3) is 0 Å². The van der Waals surface area contributed by atoms with Gasteiger partial charge in [-0.3, -0.25) is 9.59 Å². The first kappa shape index (κ1) is 13.1. The first-order chi connectivity index (χ1) is 8.43. The zero-order chi connectivity index (χ0) is 13.5. The molecule has 0 bridgehead atoms. The summed E-state index contributed by atoms with van der Waals surface area (Å²) in [5.41, 5.74) is 2.72. The van der Waals surface area contributed by atoms with Crippen molar-refractivity contribution in [2.45, 2.75) is 32.6 Å². The highest BCUT2D eigenvalue weighted by molar-refractivity contribution is 6.30. The van der Waals surface area contributed by atoms with Crippen molar-refractivity contribution in [1.82, 2.24) is 0 Å². The highest BCUT2D eigenvalue weighted by Gasteiger charge is 2.40. The van der Waals surface area contributed by atoms with E-state index in [9.17, 15) is 9.59 Å². The van der Waals surface area contributed by atoms with Crippen molar-refractivity contribution in [3.05, 3.63) is 28.8 Å². The van der Waals surface area contributed by atoms with Crippen LogP contribution in [0.25, 0.3) is 0 Å². The van der Waals surface area contributed by atoms with Gasteiger partial charge < -0.3 is 5.32 Å². The van der Waals surface area contributed by atoms with E-state index in [2.05, 4.69) is 5.32 Å². The number of rotatable bonds is 3. The minimum atomic E-state index is -0.594. The molecule has 1 N–H and O–H groups in total. The maximum absolute atomic E-state index is 11.9. The molecule has 0 aliphatic carbocycles. The van der Waals surface area contributed by atoms with Crippen molar-refractivity contribution >= 4 is 29.0 Å². The normalized spacial score (nSPS) is 16.3. The van der Waals surface area contributed by atoms with Gasteiger partial charge in [-0.25, -0.2) is 0 Å². The molecule has 1 aliphatic rings. The van der Waals surface area contributed by atoms with Crippen molar-refractivity contribution in [3.63, 3.8) is 0 Å². The monoisotopic (exact) mass is 265 g/mol. The fraction of sp³-hybridized carbons (Fsp3) is 0.429. The topological polar surface area (TPSA) is 46.2 Å². The number of ketones is 1. The predicted molar refractivity (Wildman–Crippen MR) is 72.5 cm³/mol. The maximum atomic E-state index is 11.9. The van der Waals surface area contributed by atoms with Crippen molar-refractivity contribution in [2.24, 2.45) is 0 Å². The van der Waals surface area contributed by atoms with Crippen molar-refractivity contribution in [3.8, 4) is 0 Å². The van der Waals surface area contributed by atoms with Gasteiger partial charge in [0, 0.05) is 11.3 Å². The Bertz CT molecular complexity index is 535. The van der Waals surface area contributed by atoms with Crippen LogP contribution in [0.1, 0.15) is 42.3 Å². The Morgan fingerprint density at radius 1 is 1.39 bits per heavy atom. The van der Waals surface area contributed by atoms with Gasteiger partial charge in [-0.1, -0.05) is 6.92 Å². The van der Waals surface area contributed by atoms with Crippen LogP contribution < -0.4 is 5.32 Å². The van der Waals surface area contributed by atoms with E-state index in [1.54, 1.807) is 12.1 Å². The zero-order valence-corrected chi connectivity index (χ0v) is 11.5. The molecule has 0 spiro atoms. The number of fused-ring (bicyclic) bond motifs is 1. The molecule has 96 valence electrons. The fourth-order valence-corrected chi connectivity index (χ4v) is 2.70. The number of hydrogen-bond donors (Lipinski definition) is 1. The number of alkyl halides is 1. The van der Waals surface area contributed by atoms with E-state index in [-0.39, 0.29) is 17.6 Å². The van der Waals surface area contributed by atoms with Crippen LogP contribution in [-0.2, 0) is 16.6 Å². The third-order valence-corrected chi connectivity index (χ3v) is 3.77. The number of Topliss-reactive ketones (excluding diaryl/α,β-unsaturated/α-hetero) is 1. The number of benzene rings is 1. The first-order valence-corrected chi connectivity index (χ1v) is 6.53. The van der Waals surface area contributed by atoms with Gasteiger partial charge in [0.1, 0.15) is 0 Å². The molecule has 1 aromatic carbocycles. The van der Waals surface area contributed by atoms with E-state index in [4.69, 9.17) is 11.6 Å². The molecular weight excluding hydrogens is 250 g/mol. The summed E-state index contributed by atoms with van der Waals surface area (Å²) in [5, 5.41) is 2.86. The van der Waals surface area contributed by atoms with Gasteiger partial charge in [0.2, 0.25) is 5.91 Å². The van der Waals surface area contributed by atoms with Crippen LogP contribution in [0, 0.1) is 0 Å². The van der Waals surface area contributed by atoms with Crippen molar-refractivity contribution in [1.29, 1.82) is 0 Å². The van der Waals surface area contributed by atoms with Crippen LogP contribution in [0.3, 0.4) is 0 Å². The fourth-order valence-electron chi connectivity index (χ4n) is 2.56. The second-order valence-electron chi connectivity index (χ2n) is 5.00. The van der Waals surface area contributed by atoms with E-state index in [1.807, 2.05) is 20.8 Å². The summed E-state index contributed by atoms with van der Waals surface area (Å²) in [4.78, 5) is 23.8. The number of hydrogen-bond acceptors (Lipinski definition) is 2. The number of carbonyl (C=O) groups is 2. The molecule has 0 atom stereocenters. The summed E-state index contributed by atoms with van der Waals surface area (Å²) in [6, 6.07) is 3.55. The Labute approximate surface area is 112 Å². The number of halogens is 1. The van der Waals surface area contributed by atoms with E-state index >= 15 is 0 Å². The Kier molecular flexibility index (Phi) is 3.20. The van der Waals surface area contributed by atoms with Gasteiger partial charge in [-0.15, -0.1) is 11.6 Å². The lowest BCUT2D eigenvalue weighted by atomic mass is 9.80. The molecule has 0 saturated heterocycles. The Balaban J connectivity index is 2.70. The second kappa shape index (κ2) is 4.39. The minimum Gasteiger partial charge on any atom is -0.325 e. The van der Waals surface area contributed by atoms with Crippen LogP contribution in [0.2, 0.25) is 0 Å². The third kappa shape index (κ3) is 1.74. The Morgan fingerprint density at radius 2 is 2.06 bits per heavy atom. The summed E-state index contributed by atoms with van der Waals surface area (Å²) < 4.78 is 0. The van der Waals surface area contributed by atoms with Gasteiger partial charge in [-0.05, 0) is 43.5 Å². The summed E-state index contributed by atoms with van der Waals surface area (Å²) in [7, 11) is 0. The number of amides is 1. The minimum absolute atomic E-state index is 0.0253. The molecule has 0 radical (unpaired) electrons. The molecule has 0 aromatic heterocycles. The lowest BCUT2D eigenvalue weighted by Gasteiger charge is -2.20. The largest absolute Gasteiger partial charge is 0.325 e. The maximum Gasteiger partial charge on any atom is 0.234 e. The summed E-state index contributed by atoms with van der Waals surface area (Å²) in [6.45, 7) is 5.74. The van der Waals surface area contributed by atoms with Crippen LogP contribution in [-0.4, -0.2) is 17.6 Å². The zero-order valence-electron chi connectivity index (χ0n) is 10.8. The predicted octanol–water partition coefficient (Wildman–Crippen LogP) is 2.90. The smallest absolute Gasteiger partial charge is 0.234 e. The van der Waals surface area contributed by atoms with E-state index in [1.165, 1.54) is 0 Å². The molecule has 1 aromatic rings. The van der Waals surface area contributed by atoms with Crippen LogP contribution in [0.4, 0.5) is 5.69 Å². The van der Waals surface area contributed by atoms with Crippen molar-refractivity contribution < 1.29 is 9.59 Å². The van der Waals surface area contributed by atoms with Gasteiger partial charge in [-0.2, -0.15) is 0 Å². The number of nitrogens with one attached hydrogen (secondary N) is 1. The molecule has 0 fully saturated rings. The van der Waals surface area contributed by atoms with Gasteiger partial charge >= 0.3 is 0 Å². The molecule has 4 heteroatoms. The van der Waals surface area contributed by atoms with E-state index in [0.717, 1.165) is 16.8 Å². The van der Waals surface area contributed by atoms with Crippen LogP contribution >= 0.6 is 11.6 Å².